The Bertz CT molecular complexity index is 954. The molecule has 1 aromatic rings. The molecule has 1 rings (SSSR count). The van der Waals surface area contributed by atoms with E-state index in [1.807, 2.05) is 13.8 Å². The fraction of sp³-hybridized carbons (Fsp3) is 0.478. The Hall–Kier alpha value is -4.00. The van der Waals surface area contributed by atoms with Crippen molar-refractivity contribution in [3.8, 4) is 0 Å². The zero-order valence-electron chi connectivity index (χ0n) is 20.2. The maximum Gasteiger partial charge on any atom is 0.326 e. The molecule has 0 spiro atoms. The van der Waals surface area contributed by atoms with Gasteiger partial charge < -0.3 is 38.3 Å². The number of carbonyl (C=O) groups excluding carboxylic acids is 5. The molecule has 13 nitrogen and oxygen atoms in total. The molecule has 4 atom stereocenters. The Labute approximate surface area is 208 Å². The minimum Gasteiger partial charge on any atom is -0.480 e. The summed E-state index contributed by atoms with van der Waals surface area (Å²) in [6, 6.07) is 3.39. The van der Waals surface area contributed by atoms with E-state index in [2.05, 4.69) is 16.0 Å². The molecular weight excluding hydrogens is 472 g/mol. The van der Waals surface area contributed by atoms with Crippen molar-refractivity contribution in [2.24, 2.45) is 23.1 Å². The molecule has 5 amide bonds. The highest BCUT2D eigenvalue weighted by molar-refractivity contribution is 5.96. The fourth-order valence-corrected chi connectivity index (χ4v) is 3.31. The number of rotatable bonds is 15. The molecule has 198 valence electrons. The Kier molecular flexibility index (Phi) is 12.0. The van der Waals surface area contributed by atoms with E-state index < -0.39 is 72.5 Å². The maximum atomic E-state index is 13.1. The second-order valence-corrected chi connectivity index (χ2v) is 8.79. The summed E-state index contributed by atoms with van der Waals surface area (Å²) in [5, 5.41) is 16.2. The summed E-state index contributed by atoms with van der Waals surface area (Å²) in [6.07, 6.45) is -0.968. The van der Waals surface area contributed by atoms with Crippen LogP contribution in [0.25, 0.3) is 0 Å². The van der Waals surface area contributed by atoms with Crippen molar-refractivity contribution in [1.29, 1.82) is 0 Å². The van der Waals surface area contributed by atoms with Crippen LogP contribution in [0.4, 0.5) is 0 Å². The van der Waals surface area contributed by atoms with E-state index in [0.717, 1.165) is 0 Å². The van der Waals surface area contributed by atoms with E-state index in [1.54, 1.807) is 30.3 Å². The van der Waals surface area contributed by atoms with Crippen molar-refractivity contribution >= 4 is 35.5 Å². The van der Waals surface area contributed by atoms with Gasteiger partial charge in [0.05, 0.1) is 18.9 Å². The average molecular weight is 507 g/mol. The second kappa shape index (κ2) is 14.4. The third-order valence-electron chi connectivity index (χ3n) is 5.04. The van der Waals surface area contributed by atoms with Crippen LogP contribution in [0.5, 0.6) is 0 Å². The number of benzene rings is 1. The number of primary amides is 2. The summed E-state index contributed by atoms with van der Waals surface area (Å²) in [7, 11) is 0. The van der Waals surface area contributed by atoms with Crippen molar-refractivity contribution in [3.63, 3.8) is 0 Å². The number of nitrogens with one attached hydrogen (secondary N) is 3. The molecule has 0 radical (unpaired) electrons. The number of hydrogen-bond acceptors (Lipinski definition) is 7. The summed E-state index contributed by atoms with van der Waals surface area (Å²) in [5.41, 5.74) is 16.8. The molecule has 0 saturated carbocycles. The highest BCUT2D eigenvalue weighted by Gasteiger charge is 2.32. The van der Waals surface area contributed by atoms with Crippen LogP contribution in [0.3, 0.4) is 0 Å². The largest absolute Gasteiger partial charge is 0.480 e. The number of carbonyl (C=O) groups is 6. The zero-order chi connectivity index (χ0) is 27.4. The molecule has 36 heavy (non-hydrogen) atoms. The van der Waals surface area contributed by atoms with Gasteiger partial charge in [-0.3, -0.25) is 24.0 Å². The lowest BCUT2D eigenvalue weighted by molar-refractivity contribution is -0.144. The van der Waals surface area contributed by atoms with Gasteiger partial charge in [-0.1, -0.05) is 44.2 Å². The quantitative estimate of drug-likeness (QED) is 0.139. The summed E-state index contributed by atoms with van der Waals surface area (Å²) < 4.78 is 0. The van der Waals surface area contributed by atoms with Crippen LogP contribution in [0.2, 0.25) is 0 Å². The predicted octanol–water partition coefficient (Wildman–Crippen LogP) is -2.11. The number of aliphatic carboxylic acids is 1. The number of hydrogen-bond donors (Lipinski definition) is 7. The van der Waals surface area contributed by atoms with Gasteiger partial charge in [-0.2, -0.15) is 0 Å². The Morgan fingerprint density at radius 1 is 0.778 bits per heavy atom. The number of amides is 5. The normalized spacial score (nSPS) is 14.1. The van der Waals surface area contributed by atoms with Crippen LogP contribution in [-0.2, 0) is 35.2 Å². The highest BCUT2D eigenvalue weighted by Crippen LogP contribution is 2.07. The van der Waals surface area contributed by atoms with E-state index in [9.17, 15) is 33.9 Å². The van der Waals surface area contributed by atoms with Gasteiger partial charge in [-0.25, -0.2) is 4.79 Å². The SMILES string of the molecule is CC(C)CC(N)C(=O)NC(Cc1ccccc1)C(=O)NC(CC(N)=O)C(=O)NC(CC(N)=O)C(=O)O. The minimum absolute atomic E-state index is 0.0388. The molecule has 4 unspecified atom stereocenters. The molecule has 0 aliphatic heterocycles. The van der Waals surface area contributed by atoms with E-state index in [1.165, 1.54) is 0 Å². The van der Waals surface area contributed by atoms with Gasteiger partial charge in [0.2, 0.25) is 29.5 Å². The molecule has 0 heterocycles. The molecule has 1 aromatic carbocycles. The van der Waals surface area contributed by atoms with Crippen LogP contribution in [0, 0.1) is 5.92 Å². The highest BCUT2D eigenvalue weighted by atomic mass is 16.4. The number of carboxylic acid groups (broad SMARTS) is 1. The third-order valence-corrected chi connectivity index (χ3v) is 5.04. The Balaban J connectivity index is 3.12. The lowest BCUT2D eigenvalue weighted by Gasteiger charge is -2.25. The van der Waals surface area contributed by atoms with E-state index in [-0.39, 0.29) is 12.3 Å². The summed E-state index contributed by atoms with van der Waals surface area (Å²) in [6.45, 7) is 3.77. The molecule has 0 bridgehead atoms. The first-order valence-corrected chi connectivity index (χ1v) is 11.3. The summed E-state index contributed by atoms with van der Waals surface area (Å²) in [4.78, 5) is 72.5. The van der Waals surface area contributed by atoms with Gasteiger partial charge in [0.15, 0.2) is 0 Å². The topological polar surface area (TPSA) is 237 Å². The molecule has 10 N–H and O–H groups in total. The third kappa shape index (κ3) is 11.0. The van der Waals surface area contributed by atoms with Gasteiger partial charge >= 0.3 is 5.97 Å². The van der Waals surface area contributed by atoms with Crippen LogP contribution in [0.15, 0.2) is 30.3 Å². The lowest BCUT2D eigenvalue weighted by atomic mass is 10.0. The second-order valence-electron chi connectivity index (χ2n) is 8.79. The molecule has 0 aromatic heterocycles. The van der Waals surface area contributed by atoms with E-state index in [4.69, 9.17) is 17.2 Å². The van der Waals surface area contributed by atoms with Crippen molar-refractivity contribution in [2.45, 2.75) is 63.7 Å². The van der Waals surface area contributed by atoms with Crippen molar-refractivity contribution in [2.75, 3.05) is 0 Å². The van der Waals surface area contributed by atoms with Crippen LogP contribution in [0.1, 0.15) is 38.7 Å². The summed E-state index contributed by atoms with van der Waals surface area (Å²) >= 11 is 0. The smallest absolute Gasteiger partial charge is 0.326 e. The first-order chi connectivity index (χ1) is 16.8. The van der Waals surface area contributed by atoms with Crippen molar-refractivity contribution in [3.05, 3.63) is 35.9 Å². The lowest BCUT2D eigenvalue weighted by Crippen LogP contribution is -2.58. The Morgan fingerprint density at radius 2 is 1.25 bits per heavy atom. The first-order valence-electron chi connectivity index (χ1n) is 11.3. The number of carboxylic acids is 1. The average Bonchev–Trinajstić information content (AvgIpc) is 2.77. The van der Waals surface area contributed by atoms with Crippen molar-refractivity contribution in [1.82, 2.24) is 16.0 Å². The fourth-order valence-electron chi connectivity index (χ4n) is 3.31. The van der Waals surface area contributed by atoms with Gasteiger partial charge in [0.25, 0.3) is 0 Å². The van der Waals surface area contributed by atoms with Gasteiger partial charge in [-0.15, -0.1) is 0 Å². The zero-order valence-corrected chi connectivity index (χ0v) is 20.2. The van der Waals surface area contributed by atoms with Crippen molar-refractivity contribution < 1.29 is 33.9 Å². The molecule has 13 heteroatoms. The van der Waals surface area contributed by atoms with Gasteiger partial charge in [-0.05, 0) is 17.9 Å². The monoisotopic (exact) mass is 506 g/mol. The molecule has 0 fully saturated rings. The standard InChI is InChI=1S/C23H34N6O7/c1-12(2)8-14(24)20(32)27-15(9-13-6-4-3-5-7-13)21(33)28-16(10-18(25)30)22(34)29-17(23(35)36)11-19(26)31/h3-7,12,14-17H,8-11,24H2,1-2H3,(H2,25,30)(H2,26,31)(H,27,32)(H,28,33)(H,29,34)(H,35,36). The van der Waals surface area contributed by atoms with Crippen LogP contribution in [-0.4, -0.2) is 64.8 Å². The molecule has 0 aliphatic rings. The van der Waals surface area contributed by atoms with E-state index in [0.29, 0.717) is 12.0 Å². The van der Waals surface area contributed by atoms with E-state index >= 15 is 0 Å². The molecular formula is C23H34N6O7. The summed E-state index contributed by atoms with van der Waals surface area (Å²) in [5.74, 6) is -5.84. The van der Waals surface area contributed by atoms with Crippen LogP contribution >= 0.6 is 0 Å². The van der Waals surface area contributed by atoms with Gasteiger partial charge in [0, 0.05) is 6.42 Å². The minimum atomic E-state index is -1.68. The number of nitrogens with two attached hydrogens (primary N) is 3. The Morgan fingerprint density at radius 3 is 1.75 bits per heavy atom. The van der Waals surface area contributed by atoms with Crippen LogP contribution < -0.4 is 33.2 Å². The van der Waals surface area contributed by atoms with Gasteiger partial charge in [0.1, 0.15) is 18.1 Å². The maximum absolute atomic E-state index is 13.1. The first kappa shape index (κ1) is 30.0. The predicted molar refractivity (Wildman–Crippen MR) is 129 cm³/mol. The molecule has 0 aliphatic carbocycles. The molecule has 0 saturated heterocycles.